The SMILES string of the molecule is CCCCCCCC/C=C/C/C=C/C/C=C/CCCC(=O)O[C@H](COC(=O)CCC/C=C/C/C=C/C/C=C/C/C=C/CCCCCCCCC)CO[C@H]1O[C@H](CS(=O)(=O)O)[C@@H](O)C(O)C1O. The Morgan fingerprint density at radius 2 is 0.909 bits per heavy atom. The summed E-state index contributed by atoms with van der Waals surface area (Å²) < 4.78 is 54.1. The maximum absolute atomic E-state index is 12.8. The molecule has 0 radical (unpaired) electrons. The minimum absolute atomic E-state index is 0.0766. The molecule has 12 nitrogen and oxygen atoms in total. The van der Waals surface area contributed by atoms with Gasteiger partial charge in [0.25, 0.3) is 10.1 Å². The molecular formula is C53H88O12S. The zero-order chi connectivity index (χ0) is 48.4. The highest BCUT2D eigenvalue weighted by atomic mass is 32.2. The van der Waals surface area contributed by atoms with Crippen molar-refractivity contribution in [2.75, 3.05) is 19.0 Å². The molecule has 0 aromatic rings. The summed E-state index contributed by atoms with van der Waals surface area (Å²) in [6.45, 7) is 3.66. The number of esters is 2. The molecule has 0 bridgehead atoms. The van der Waals surface area contributed by atoms with Crippen LogP contribution in [0.1, 0.15) is 181 Å². The van der Waals surface area contributed by atoms with Crippen LogP contribution in [-0.4, -0.2) is 96.0 Å². The van der Waals surface area contributed by atoms with E-state index in [9.17, 15) is 37.9 Å². The molecule has 1 rings (SSSR count). The fraction of sp³-hybridized carbons (Fsp3) is 0.698. The first kappa shape index (κ1) is 60.8. The Morgan fingerprint density at radius 1 is 0.515 bits per heavy atom. The van der Waals surface area contributed by atoms with Crippen LogP contribution in [0, 0.1) is 0 Å². The lowest BCUT2D eigenvalue weighted by Crippen LogP contribution is -2.60. The maximum atomic E-state index is 12.8. The van der Waals surface area contributed by atoms with Crippen LogP contribution in [0.4, 0.5) is 0 Å². The average molecular weight is 949 g/mol. The predicted molar refractivity (Wildman–Crippen MR) is 265 cm³/mol. The molecule has 1 aliphatic rings. The molecule has 4 N–H and O–H groups in total. The van der Waals surface area contributed by atoms with E-state index in [0.717, 1.165) is 44.9 Å². The molecule has 0 aliphatic carbocycles. The van der Waals surface area contributed by atoms with E-state index >= 15 is 0 Å². The van der Waals surface area contributed by atoms with Gasteiger partial charge in [-0.25, -0.2) is 0 Å². The van der Waals surface area contributed by atoms with Crippen molar-refractivity contribution in [1.82, 2.24) is 0 Å². The van der Waals surface area contributed by atoms with Gasteiger partial charge in [-0.15, -0.1) is 0 Å². The van der Waals surface area contributed by atoms with E-state index in [0.29, 0.717) is 25.7 Å². The first-order valence-electron chi connectivity index (χ1n) is 25.1. The van der Waals surface area contributed by atoms with E-state index in [-0.39, 0.29) is 19.4 Å². The molecule has 1 saturated heterocycles. The van der Waals surface area contributed by atoms with Crippen LogP contribution in [0.5, 0.6) is 0 Å². The third kappa shape index (κ3) is 35.9. The smallest absolute Gasteiger partial charge is 0.306 e. The average Bonchev–Trinajstić information content (AvgIpc) is 3.28. The Labute approximate surface area is 399 Å². The Balaban J connectivity index is 2.48. The number of aliphatic hydroxyl groups excluding tert-OH is 3. The van der Waals surface area contributed by atoms with E-state index in [1.165, 1.54) is 83.5 Å². The van der Waals surface area contributed by atoms with Gasteiger partial charge in [-0.1, -0.05) is 170 Å². The molecule has 0 spiro atoms. The van der Waals surface area contributed by atoms with Gasteiger partial charge < -0.3 is 34.3 Å². The lowest BCUT2D eigenvalue weighted by molar-refractivity contribution is -0.297. The van der Waals surface area contributed by atoms with Gasteiger partial charge in [0.1, 0.15) is 36.8 Å². The molecule has 0 aromatic heterocycles. The van der Waals surface area contributed by atoms with Gasteiger partial charge in [-0.3, -0.25) is 14.1 Å². The van der Waals surface area contributed by atoms with Crippen LogP contribution < -0.4 is 0 Å². The highest BCUT2D eigenvalue weighted by Gasteiger charge is 2.46. The standard InChI is InChI=1S/C53H88O12S/c1-3-5-7-9-11-13-15-17-19-21-22-23-24-26-27-29-31-33-35-37-39-41-48(54)62-43-46(44-63-53-52(58)51(57)50(56)47(65-53)45-66(59,60)61)64-49(55)42-40-38-36-34-32-30-28-25-20-18-16-14-12-10-8-6-4-2/h18-21,23-24,27-30,33-36,46-47,50-53,56-58H,3-17,22,25-26,31-32,37-45H2,1-2H3,(H,59,60,61)/b20-18+,21-19+,24-23+,29-27+,30-28+,35-33+,36-34+/t46-,47-,50-,51?,52?,53+/m1/s1. The van der Waals surface area contributed by atoms with Gasteiger partial charge >= 0.3 is 11.9 Å². The lowest BCUT2D eigenvalue weighted by atomic mass is 10.00. The fourth-order valence-electron chi connectivity index (χ4n) is 7.04. The van der Waals surface area contributed by atoms with Crippen LogP contribution in [0.15, 0.2) is 85.1 Å². The van der Waals surface area contributed by atoms with E-state index in [4.69, 9.17) is 18.9 Å². The van der Waals surface area contributed by atoms with Crippen molar-refractivity contribution in [3.05, 3.63) is 85.1 Å². The summed E-state index contributed by atoms with van der Waals surface area (Å²) in [5, 5.41) is 30.9. The van der Waals surface area contributed by atoms with E-state index in [1.807, 2.05) is 24.3 Å². The Bertz CT molecular complexity index is 1530. The van der Waals surface area contributed by atoms with E-state index < -0.39 is 71.2 Å². The summed E-state index contributed by atoms with van der Waals surface area (Å²) in [5.41, 5.74) is 0. The Hall–Kier alpha value is -3.17. The highest BCUT2D eigenvalue weighted by Crippen LogP contribution is 2.24. The van der Waals surface area contributed by atoms with Gasteiger partial charge in [-0.2, -0.15) is 8.42 Å². The molecule has 0 amide bonds. The van der Waals surface area contributed by atoms with Crippen molar-refractivity contribution in [3.63, 3.8) is 0 Å². The predicted octanol–water partition coefficient (Wildman–Crippen LogP) is 11.2. The molecular weight excluding hydrogens is 861 g/mol. The molecule has 378 valence electrons. The van der Waals surface area contributed by atoms with Crippen LogP contribution >= 0.6 is 0 Å². The largest absolute Gasteiger partial charge is 0.462 e. The summed E-state index contributed by atoms with van der Waals surface area (Å²) in [4.78, 5) is 25.4. The number of hydrogen-bond donors (Lipinski definition) is 4. The summed E-state index contributed by atoms with van der Waals surface area (Å²) >= 11 is 0. The van der Waals surface area contributed by atoms with Crippen molar-refractivity contribution >= 4 is 22.1 Å². The van der Waals surface area contributed by atoms with Gasteiger partial charge in [0.2, 0.25) is 0 Å². The zero-order valence-electron chi connectivity index (χ0n) is 40.5. The number of allylic oxidation sites excluding steroid dienone is 14. The number of unbranched alkanes of at least 4 members (excludes halogenated alkanes) is 15. The number of aliphatic hydroxyl groups is 3. The lowest BCUT2D eigenvalue weighted by Gasteiger charge is -2.40. The maximum Gasteiger partial charge on any atom is 0.306 e. The highest BCUT2D eigenvalue weighted by molar-refractivity contribution is 7.85. The topological polar surface area (TPSA) is 186 Å². The number of rotatable bonds is 41. The van der Waals surface area contributed by atoms with Gasteiger partial charge in [-0.05, 0) is 83.5 Å². The third-order valence-corrected chi connectivity index (χ3v) is 11.7. The van der Waals surface area contributed by atoms with Crippen molar-refractivity contribution in [2.45, 2.75) is 218 Å². The quantitative estimate of drug-likeness (QED) is 0.0197. The molecule has 2 unspecified atom stereocenters. The number of ether oxygens (including phenoxy) is 4. The summed E-state index contributed by atoms with van der Waals surface area (Å²) in [7, 11) is -4.62. The monoisotopic (exact) mass is 949 g/mol. The number of carbonyl (C=O) groups is 2. The molecule has 1 fully saturated rings. The minimum atomic E-state index is -4.62. The molecule has 6 atom stereocenters. The van der Waals surface area contributed by atoms with Gasteiger partial charge in [0, 0.05) is 12.8 Å². The van der Waals surface area contributed by atoms with Crippen molar-refractivity contribution in [3.8, 4) is 0 Å². The molecule has 0 aromatic carbocycles. The second kappa shape index (κ2) is 42.0. The normalized spacial score (nSPS) is 20.1. The molecule has 1 aliphatic heterocycles. The van der Waals surface area contributed by atoms with E-state index in [2.05, 4.69) is 74.6 Å². The Kier molecular flexibility index (Phi) is 38.7. The first-order chi connectivity index (χ1) is 32.0. The van der Waals surface area contributed by atoms with Crippen LogP contribution in [0.25, 0.3) is 0 Å². The Morgan fingerprint density at radius 3 is 1.35 bits per heavy atom. The van der Waals surface area contributed by atoms with Crippen LogP contribution in [-0.2, 0) is 38.7 Å². The van der Waals surface area contributed by atoms with Crippen molar-refractivity contribution < 1.29 is 56.8 Å². The minimum Gasteiger partial charge on any atom is -0.462 e. The summed E-state index contributed by atoms with van der Waals surface area (Å²) in [6.07, 6.45) is 46.4. The number of carbonyl (C=O) groups excluding carboxylic acids is 2. The van der Waals surface area contributed by atoms with Crippen LogP contribution in [0.3, 0.4) is 0 Å². The van der Waals surface area contributed by atoms with Crippen LogP contribution in [0.2, 0.25) is 0 Å². The van der Waals surface area contributed by atoms with Gasteiger partial charge in [0.15, 0.2) is 12.4 Å². The fourth-order valence-corrected chi connectivity index (χ4v) is 7.73. The van der Waals surface area contributed by atoms with Gasteiger partial charge in [0.05, 0.1) is 6.61 Å². The van der Waals surface area contributed by atoms with Crippen molar-refractivity contribution in [2.24, 2.45) is 0 Å². The molecule has 13 heteroatoms. The molecule has 66 heavy (non-hydrogen) atoms. The summed E-state index contributed by atoms with van der Waals surface area (Å²) in [6, 6.07) is 0. The second-order valence-electron chi connectivity index (χ2n) is 17.1. The van der Waals surface area contributed by atoms with Crippen molar-refractivity contribution in [1.29, 1.82) is 0 Å². The number of hydrogen-bond acceptors (Lipinski definition) is 11. The molecule has 0 saturated carbocycles. The van der Waals surface area contributed by atoms with E-state index in [1.54, 1.807) is 0 Å². The second-order valence-corrected chi connectivity index (χ2v) is 18.6. The first-order valence-corrected chi connectivity index (χ1v) is 26.8. The molecule has 1 heterocycles. The third-order valence-electron chi connectivity index (χ3n) is 10.9. The zero-order valence-corrected chi connectivity index (χ0v) is 41.3. The summed E-state index contributed by atoms with van der Waals surface area (Å²) in [5.74, 6) is -2.13.